The van der Waals surface area contributed by atoms with Gasteiger partial charge in [-0.05, 0) is 60.2 Å². The van der Waals surface area contributed by atoms with E-state index in [1.54, 1.807) is 25.5 Å². The van der Waals surface area contributed by atoms with Crippen LogP contribution in [0.5, 0.6) is 0 Å². The lowest BCUT2D eigenvalue weighted by molar-refractivity contribution is -0.117. The summed E-state index contributed by atoms with van der Waals surface area (Å²) < 4.78 is 7.37. The van der Waals surface area contributed by atoms with E-state index in [0.29, 0.717) is 55.6 Å². The molecular weight excluding hydrogens is 582 g/mol. The Morgan fingerprint density at radius 3 is 2.57 bits per heavy atom. The highest BCUT2D eigenvalue weighted by molar-refractivity contribution is 5.94. The summed E-state index contributed by atoms with van der Waals surface area (Å²) in [6, 6.07) is 14.6. The van der Waals surface area contributed by atoms with Crippen molar-refractivity contribution in [3.8, 4) is 22.4 Å². The van der Waals surface area contributed by atoms with Gasteiger partial charge in [0.1, 0.15) is 5.69 Å². The van der Waals surface area contributed by atoms with Crippen LogP contribution in [0, 0.1) is 0 Å². The Morgan fingerprint density at radius 1 is 1.00 bits per heavy atom. The highest BCUT2D eigenvalue weighted by Gasteiger charge is 2.26. The van der Waals surface area contributed by atoms with Gasteiger partial charge < -0.3 is 30.0 Å². The number of carbonyl (C=O) groups is 2. The number of morpholine rings is 1. The SMILES string of the molecule is CC(=O)N1c2ccc(-c3cccc(CNC(=O)c4cn5cc(-c6cnc(N)nc6)nc(N6CCOCC6)c5n4)c3)cc2CC[C@@H]1C. The lowest BCUT2D eigenvalue weighted by Crippen LogP contribution is -2.40. The molecule has 234 valence electrons. The minimum atomic E-state index is -0.286. The molecule has 0 spiro atoms. The number of benzene rings is 2. The molecule has 2 amide bonds. The van der Waals surface area contributed by atoms with Crippen LogP contribution in [0.2, 0.25) is 0 Å². The maximum atomic E-state index is 13.4. The Bertz CT molecular complexity index is 1930. The van der Waals surface area contributed by atoms with Gasteiger partial charge in [-0.25, -0.2) is 19.9 Å². The summed E-state index contributed by atoms with van der Waals surface area (Å²) in [5.74, 6) is 0.626. The maximum Gasteiger partial charge on any atom is 0.271 e. The van der Waals surface area contributed by atoms with Crippen LogP contribution < -0.4 is 20.9 Å². The number of hydrogen-bond donors (Lipinski definition) is 2. The lowest BCUT2D eigenvalue weighted by atomic mass is 9.92. The Morgan fingerprint density at radius 2 is 1.78 bits per heavy atom. The summed E-state index contributed by atoms with van der Waals surface area (Å²) in [4.78, 5) is 47.5. The Hall–Kier alpha value is -5.36. The van der Waals surface area contributed by atoms with E-state index in [0.717, 1.165) is 35.2 Å². The van der Waals surface area contributed by atoms with Gasteiger partial charge in [0.2, 0.25) is 11.9 Å². The first-order valence-corrected chi connectivity index (χ1v) is 15.4. The first-order valence-electron chi connectivity index (χ1n) is 15.4. The van der Waals surface area contributed by atoms with E-state index in [1.807, 2.05) is 33.7 Å². The molecule has 2 aliphatic rings. The highest BCUT2D eigenvalue weighted by Crippen LogP contribution is 2.34. The molecular formula is C34H35N9O3. The molecule has 12 heteroatoms. The van der Waals surface area contributed by atoms with Gasteiger partial charge in [0.05, 0.1) is 18.9 Å². The number of aryl methyl sites for hydroxylation is 1. The third kappa shape index (κ3) is 5.74. The summed E-state index contributed by atoms with van der Waals surface area (Å²) in [5, 5.41) is 3.03. The molecule has 46 heavy (non-hydrogen) atoms. The second-order valence-corrected chi connectivity index (χ2v) is 11.7. The third-order valence-electron chi connectivity index (χ3n) is 8.59. The van der Waals surface area contributed by atoms with Crippen LogP contribution >= 0.6 is 0 Å². The van der Waals surface area contributed by atoms with E-state index in [4.69, 9.17) is 20.4 Å². The van der Waals surface area contributed by atoms with E-state index in [9.17, 15) is 9.59 Å². The fourth-order valence-electron chi connectivity index (χ4n) is 6.23. The van der Waals surface area contributed by atoms with E-state index < -0.39 is 0 Å². The van der Waals surface area contributed by atoms with Gasteiger partial charge in [0.15, 0.2) is 11.5 Å². The van der Waals surface area contributed by atoms with Crippen LogP contribution in [0.25, 0.3) is 28.0 Å². The Kier molecular flexibility index (Phi) is 7.79. The van der Waals surface area contributed by atoms with Crippen molar-refractivity contribution < 1.29 is 14.3 Å². The fourth-order valence-corrected chi connectivity index (χ4v) is 6.23. The summed E-state index contributed by atoms with van der Waals surface area (Å²) in [5.41, 5.74) is 13.2. The molecule has 0 saturated carbocycles. The van der Waals surface area contributed by atoms with Crippen LogP contribution in [0.4, 0.5) is 17.5 Å². The van der Waals surface area contributed by atoms with Crippen LogP contribution in [0.3, 0.4) is 0 Å². The number of anilines is 3. The van der Waals surface area contributed by atoms with Crippen molar-refractivity contribution in [1.82, 2.24) is 29.7 Å². The number of imidazole rings is 1. The smallest absolute Gasteiger partial charge is 0.271 e. The van der Waals surface area contributed by atoms with E-state index in [-0.39, 0.29) is 29.5 Å². The van der Waals surface area contributed by atoms with Gasteiger partial charge >= 0.3 is 0 Å². The van der Waals surface area contributed by atoms with Gasteiger partial charge in [0.25, 0.3) is 5.91 Å². The van der Waals surface area contributed by atoms with E-state index >= 15 is 0 Å². The number of ether oxygens (including phenoxy) is 1. The summed E-state index contributed by atoms with van der Waals surface area (Å²) in [7, 11) is 0. The zero-order chi connectivity index (χ0) is 31.8. The average molecular weight is 618 g/mol. The van der Waals surface area contributed by atoms with Crippen LogP contribution in [-0.2, 0) is 22.5 Å². The van der Waals surface area contributed by atoms with Crippen molar-refractivity contribution in [1.29, 1.82) is 0 Å². The maximum absolute atomic E-state index is 13.4. The average Bonchev–Trinajstić information content (AvgIpc) is 3.52. The van der Waals surface area contributed by atoms with Crippen molar-refractivity contribution in [2.75, 3.05) is 41.8 Å². The second-order valence-electron chi connectivity index (χ2n) is 11.7. The predicted octanol–water partition coefficient (Wildman–Crippen LogP) is 3.89. The van der Waals surface area contributed by atoms with Crippen molar-refractivity contribution in [3.63, 3.8) is 0 Å². The normalized spacial score (nSPS) is 16.3. The quantitative estimate of drug-likeness (QED) is 0.290. The molecule has 3 aromatic heterocycles. The zero-order valence-electron chi connectivity index (χ0n) is 25.8. The molecule has 3 N–H and O–H groups in total. The van der Waals surface area contributed by atoms with Crippen molar-refractivity contribution in [3.05, 3.63) is 84.1 Å². The number of nitrogens with two attached hydrogens (primary N) is 1. The number of nitrogens with one attached hydrogen (secondary N) is 1. The summed E-state index contributed by atoms with van der Waals surface area (Å²) in [6.45, 7) is 6.54. The minimum Gasteiger partial charge on any atom is -0.378 e. The number of nitrogens with zero attached hydrogens (tertiary/aromatic N) is 7. The number of aromatic nitrogens is 5. The molecule has 5 heterocycles. The van der Waals surface area contributed by atoms with E-state index in [2.05, 4.69) is 51.4 Å². The second kappa shape index (κ2) is 12.2. The van der Waals surface area contributed by atoms with Gasteiger partial charge in [-0.3, -0.25) is 9.59 Å². The molecule has 2 aromatic carbocycles. The number of rotatable bonds is 6. The first-order chi connectivity index (χ1) is 22.3. The van der Waals surface area contributed by atoms with E-state index in [1.165, 1.54) is 5.56 Å². The molecule has 7 rings (SSSR count). The molecule has 1 atom stereocenters. The highest BCUT2D eigenvalue weighted by atomic mass is 16.5. The number of amides is 2. The van der Waals surface area contributed by atoms with Crippen LogP contribution in [-0.4, -0.2) is 68.5 Å². The molecule has 12 nitrogen and oxygen atoms in total. The Labute approximate surface area is 266 Å². The van der Waals surface area contributed by atoms with Crippen molar-refractivity contribution in [2.24, 2.45) is 0 Å². The molecule has 0 radical (unpaired) electrons. The molecule has 0 unspecified atom stereocenters. The summed E-state index contributed by atoms with van der Waals surface area (Å²) in [6.07, 6.45) is 8.66. The molecule has 2 aliphatic heterocycles. The topological polar surface area (TPSA) is 144 Å². The standard InChI is InChI=1S/C34H35N9O3/c1-21-6-7-26-15-25(8-9-30(26)43(21)22(2)44)24-5-3-4-23(14-24)16-36-33(45)29-20-42-19-28(27-17-37-34(35)38-18-27)39-31(32(42)40-29)41-10-12-46-13-11-41/h3-5,8-9,14-15,17-21H,6-7,10-13,16H2,1-2H3,(H,36,45)(H2,35,37,38)/t21-/m0/s1. The molecule has 5 aromatic rings. The van der Waals surface area contributed by atoms with Gasteiger partial charge in [0, 0.05) is 68.6 Å². The van der Waals surface area contributed by atoms with Crippen molar-refractivity contribution >= 4 is 34.9 Å². The minimum absolute atomic E-state index is 0.0648. The third-order valence-corrected chi connectivity index (χ3v) is 8.59. The summed E-state index contributed by atoms with van der Waals surface area (Å²) >= 11 is 0. The van der Waals surface area contributed by atoms with Gasteiger partial charge in [-0.1, -0.05) is 24.3 Å². The molecule has 0 aliphatic carbocycles. The zero-order valence-corrected chi connectivity index (χ0v) is 25.8. The molecule has 1 saturated heterocycles. The monoisotopic (exact) mass is 617 g/mol. The first kappa shape index (κ1) is 29.4. The lowest BCUT2D eigenvalue weighted by Gasteiger charge is -2.34. The van der Waals surface area contributed by atoms with Gasteiger partial charge in [-0.15, -0.1) is 0 Å². The molecule has 1 fully saturated rings. The van der Waals surface area contributed by atoms with Crippen LogP contribution in [0.1, 0.15) is 41.9 Å². The van der Waals surface area contributed by atoms with Crippen molar-refractivity contribution in [2.45, 2.75) is 39.3 Å². The predicted molar refractivity (Wildman–Crippen MR) is 175 cm³/mol. The number of fused-ring (bicyclic) bond motifs is 2. The molecule has 0 bridgehead atoms. The number of hydrogen-bond acceptors (Lipinski definition) is 9. The fraction of sp³-hybridized carbons (Fsp3) is 0.294. The van der Waals surface area contributed by atoms with Gasteiger partial charge in [-0.2, -0.15) is 0 Å². The number of nitrogen functional groups attached to an aromatic ring is 1. The van der Waals surface area contributed by atoms with Crippen LogP contribution in [0.15, 0.2) is 67.3 Å². The largest absolute Gasteiger partial charge is 0.378 e. The number of carbonyl (C=O) groups excluding carboxylic acids is 2. The Balaban J connectivity index is 1.12.